The number of hydrogen-bond acceptors (Lipinski definition) is 3. The second-order valence-electron chi connectivity index (χ2n) is 9.10. The first-order chi connectivity index (χ1) is 14.6. The minimum atomic E-state index is -0.187. The summed E-state index contributed by atoms with van der Waals surface area (Å²) in [7, 11) is 0. The third kappa shape index (κ3) is 3.65. The first-order valence-electron chi connectivity index (χ1n) is 11.1. The molecule has 1 aliphatic carbocycles. The summed E-state index contributed by atoms with van der Waals surface area (Å²) in [5.41, 5.74) is 4.77. The van der Waals surface area contributed by atoms with E-state index in [2.05, 4.69) is 41.1 Å². The van der Waals surface area contributed by atoms with E-state index in [1.165, 1.54) is 40.4 Å². The number of hydrogen-bond donors (Lipinski definition) is 1. The van der Waals surface area contributed by atoms with E-state index in [4.69, 9.17) is 4.74 Å². The van der Waals surface area contributed by atoms with Gasteiger partial charge in [-0.25, -0.2) is 4.39 Å². The van der Waals surface area contributed by atoms with Crippen LogP contribution in [0.4, 0.5) is 4.39 Å². The van der Waals surface area contributed by atoms with E-state index in [0.29, 0.717) is 12.6 Å². The molecule has 2 heterocycles. The van der Waals surface area contributed by atoms with E-state index >= 15 is 0 Å². The summed E-state index contributed by atoms with van der Waals surface area (Å²) in [5.74, 6) is -0.187. The Morgan fingerprint density at radius 1 is 1.20 bits per heavy atom. The van der Waals surface area contributed by atoms with E-state index < -0.39 is 0 Å². The average Bonchev–Trinajstić information content (AvgIpc) is 3.52. The average molecular weight is 408 g/mol. The third-order valence-corrected chi connectivity index (χ3v) is 6.82. The van der Waals surface area contributed by atoms with Crippen LogP contribution in [0.5, 0.6) is 0 Å². The molecule has 3 aromatic rings. The molecular weight excluding hydrogens is 377 g/mol. The molecule has 5 rings (SSSR count). The fourth-order valence-electron chi connectivity index (χ4n) is 4.89. The number of rotatable bonds is 6. The zero-order chi connectivity index (χ0) is 20.7. The van der Waals surface area contributed by atoms with Crippen molar-refractivity contribution in [2.24, 2.45) is 0 Å². The summed E-state index contributed by atoms with van der Waals surface area (Å²) in [6, 6.07) is 12.0. The molecule has 0 radical (unpaired) electrons. The number of nitrogens with one attached hydrogen (secondary N) is 1. The van der Waals surface area contributed by atoms with Crippen LogP contribution in [0.15, 0.2) is 42.6 Å². The number of ether oxygens (including phenoxy) is 1. The zero-order valence-corrected chi connectivity index (χ0v) is 17.8. The summed E-state index contributed by atoms with van der Waals surface area (Å²) in [6.07, 6.45) is 6.36. The van der Waals surface area contributed by atoms with Crippen molar-refractivity contribution >= 4 is 10.9 Å². The van der Waals surface area contributed by atoms with E-state index in [9.17, 15) is 4.39 Å². The molecule has 158 valence electrons. The Labute approximate surface area is 177 Å². The van der Waals surface area contributed by atoms with Crippen LogP contribution < -0.4 is 5.32 Å². The fourth-order valence-corrected chi connectivity index (χ4v) is 4.89. The minimum Gasteiger partial charge on any atom is -0.373 e. The predicted molar refractivity (Wildman–Crippen MR) is 117 cm³/mol. The number of nitrogens with zero attached hydrogens (tertiary/aromatic N) is 2. The van der Waals surface area contributed by atoms with Crippen molar-refractivity contribution in [3.8, 4) is 0 Å². The second kappa shape index (κ2) is 7.78. The van der Waals surface area contributed by atoms with Gasteiger partial charge in [0.05, 0.1) is 30.5 Å². The maximum absolute atomic E-state index is 13.5. The molecule has 0 spiro atoms. The van der Waals surface area contributed by atoms with Crippen LogP contribution in [-0.4, -0.2) is 29.5 Å². The molecule has 0 amide bonds. The van der Waals surface area contributed by atoms with Crippen LogP contribution in [0.25, 0.3) is 10.9 Å². The van der Waals surface area contributed by atoms with E-state index in [1.807, 2.05) is 18.3 Å². The number of halogens is 1. The Balaban J connectivity index is 1.44. The standard InChI is InChI=1S/C25H30FN3O/c1-17-13-19-15-28-29(22-7-8-22)24(19)23(14-17)18(2)30-16-25(9-11-27-12-10-25)20-3-5-21(26)6-4-20/h3-6,13-15,18,22,27H,7-12,16H2,1-2H3. The Kier molecular flexibility index (Phi) is 5.11. The van der Waals surface area contributed by atoms with Gasteiger partial charge < -0.3 is 10.1 Å². The molecule has 1 saturated heterocycles. The number of aryl methyl sites for hydroxylation is 1. The van der Waals surface area contributed by atoms with E-state index in [0.717, 1.165) is 25.9 Å². The lowest BCUT2D eigenvalue weighted by atomic mass is 9.74. The van der Waals surface area contributed by atoms with Gasteiger partial charge in [0.1, 0.15) is 5.82 Å². The molecule has 1 saturated carbocycles. The van der Waals surface area contributed by atoms with Crippen LogP contribution in [0.1, 0.15) is 61.4 Å². The van der Waals surface area contributed by atoms with Crippen LogP contribution in [0.3, 0.4) is 0 Å². The van der Waals surface area contributed by atoms with E-state index in [-0.39, 0.29) is 17.3 Å². The number of fused-ring (bicyclic) bond motifs is 1. The number of benzene rings is 2. The maximum Gasteiger partial charge on any atom is 0.123 e. The Hall–Kier alpha value is -2.24. The monoisotopic (exact) mass is 407 g/mol. The van der Waals surface area contributed by atoms with Crippen LogP contribution in [0, 0.1) is 12.7 Å². The highest BCUT2D eigenvalue weighted by Crippen LogP contribution is 2.40. The van der Waals surface area contributed by atoms with Gasteiger partial charge in [-0.1, -0.05) is 18.2 Å². The van der Waals surface area contributed by atoms with Crippen molar-refractivity contribution in [1.29, 1.82) is 0 Å². The van der Waals surface area contributed by atoms with Crippen molar-refractivity contribution in [2.45, 2.75) is 57.1 Å². The summed E-state index contributed by atoms with van der Waals surface area (Å²) in [5, 5.41) is 9.33. The fraction of sp³-hybridized carbons (Fsp3) is 0.480. The molecule has 5 heteroatoms. The number of aromatic nitrogens is 2. The highest BCUT2D eigenvalue weighted by molar-refractivity contribution is 5.83. The van der Waals surface area contributed by atoms with Gasteiger partial charge in [-0.15, -0.1) is 0 Å². The lowest BCUT2D eigenvalue weighted by Gasteiger charge is -2.39. The van der Waals surface area contributed by atoms with Gasteiger partial charge in [0.25, 0.3) is 0 Å². The van der Waals surface area contributed by atoms with Gasteiger partial charge in [0, 0.05) is 16.4 Å². The van der Waals surface area contributed by atoms with Crippen molar-refractivity contribution in [3.05, 3.63) is 65.1 Å². The first-order valence-corrected chi connectivity index (χ1v) is 11.1. The molecular formula is C25H30FN3O. The van der Waals surface area contributed by atoms with Gasteiger partial charge in [0.2, 0.25) is 0 Å². The largest absolute Gasteiger partial charge is 0.373 e. The third-order valence-electron chi connectivity index (χ3n) is 6.82. The molecule has 2 aromatic carbocycles. The van der Waals surface area contributed by atoms with Crippen molar-refractivity contribution in [3.63, 3.8) is 0 Å². The molecule has 30 heavy (non-hydrogen) atoms. The van der Waals surface area contributed by atoms with Gasteiger partial charge in [-0.3, -0.25) is 4.68 Å². The molecule has 1 N–H and O–H groups in total. The minimum absolute atomic E-state index is 0.0335. The first kappa shape index (κ1) is 19.7. The molecule has 1 aliphatic heterocycles. The molecule has 1 atom stereocenters. The smallest absolute Gasteiger partial charge is 0.123 e. The summed E-state index contributed by atoms with van der Waals surface area (Å²) in [4.78, 5) is 0. The molecule has 1 unspecified atom stereocenters. The normalized spacial score (nSPS) is 19.8. The van der Waals surface area contributed by atoms with Gasteiger partial charge >= 0.3 is 0 Å². The predicted octanol–water partition coefficient (Wildman–Crippen LogP) is 5.22. The Morgan fingerprint density at radius 2 is 1.93 bits per heavy atom. The Bertz CT molecular complexity index is 1030. The van der Waals surface area contributed by atoms with Crippen molar-refractivity contribution in [1.82, 2.24) is 15.1 Å². The van der Waals surface area contributed by atoms with Crippen molar-refractivity contribution in [2.75, 3.05) is 19.7 Å². The molecule has 0 bridgehead atoms. The van der Waals surface area contributed by atoms with Gasteiger partial charge in [-0.05, 0) is 81.9 Å². The number of piperidine rings is 1. The summed E-state index contributed by atoms with van der Waals surface area (Å²) < 4.78 is 22.3. The van der Waals surface area contributed by atoms with E-state index in [1.54, 1.807) is 12.1 Å². The second-order valence-corrected chi connectivity index (χ2v) is 9.10. The maximum atomic E-state index is 13.5. The highest BCUT2D eigenvalue weighted by atomic mass is 19.1. The Morgan fingerprint density at radius 3 is 2.63 bits per heavy atom. The SMILES string of the molecule is Cc1cc(C(C)OCC2(c3ccc(F)cc3)CCNCC2)c2c(cnn2C2CC2)c1. The van der Waals surface area contributed by atoms with Crippen LogP contribution in [-0.2, 0) is 10.2 Å². The van der Waals surface area contributed by atoms with Crippen molar-refractivity contribution < 1.29 is 9.13 Å². The molecule has 1 aromatic heterocycles. The summed E-state index contributed by atoms with van der Waals surface area (Å²) in [6.45, 7) is 6.83. The van der Waals surface area contributed by atoms with Crippen LogP contribution >= 0.6 is 0 Å². The van der Waals surface area contributed by atoms with Gasteiger partial charge in [-0.2, -0.15) is 5.10 Å². The van der Waals surface area contributed by atoms with Gasteiger partial charge in [0.15, 0.2) is 0 Å². The van der Waals surface area contributed by atoms with Crippen LogP contribution in [0.2, 0.25) is 0 Å². The molecule has 4 nitrogen and oxygen atoms in total. The topological polar surface area (TPSA) is 39.1 Å². The molecule has 2 aliphatic rings. The quantitative estimate of drug-likeness (QED) is 0.609. The molecule has 2 fully saturated rings. The highest BCUT2D eigenvalue weighted by Gasteiger charge is 2.35. The lowest BCUT2D eigenvalue weighted by molar-refractivity contribution is 0.0171. The summed E-state index contributed by atoms with van der Waals surface area (Å²) >= 11 is 0. The zero-order valence-electron chi connectivity index (χ0n) is 17.8. The lowest BCUT2D eigenvalue weighted by Crippen LogP contribution is -2.43.